The molecule has 1 fully saturated rings. The van der Waals surface area contributed by atoms with Crippen LogP contribution < -0.4 is 0 Å². The van der Waals surface area contributed by atoms with Gasteiger partial charge in [-0.1, -0.05) is 47.8 Å². The lowest BCUT2D eigenvalue weighted by atomic mass is 9.79. The normalized spacial score (nSPS) is 15.4. The van der Waals surface area contributed by atoms with E-state index in [-0.39, 0.29) is 0 Å². The summed E-state index contributed by atoms with van der Waals surface area (Å²) in [6, 6.07) is 14.3. The van der Waals surface area contributed by atoms with Gasteiger partial charge in [-0.2, -0.15) is 0 Å². The van der Waals surface area contributed by atoms with Crippen molar-refractivity contribution in [3.8, 4) is 11.1 Å². The summed E-state index contributed by atoms with van der Waals surface area (Å²) in [5, 5.41) is 1.56. The molecular formula is C16H14Cl2. The fourth-order valence-electron chi connectivity index (χ4n) is 2.39. The summed E-state index contributed by atoms with van der Waals surface area (Å²) >= 11 is 12.2. The third-order valence-corrected chi connectivity index (χ3v) is 4.30. The van der Waals surface area contributed by atoms with E-state index in [1.165, 1.54) is 24.8 Å². The van der Waals surface area contributed by atoms with Crippen LogP contribution in [0.25, 0.3) is 11.1 Å². The second kappa shape index (κ2) is 4.95. The Bertz CT molecular complexity index is 554. The van der Waals surface area contributed by atoms with Crippen molar-refractivity contribution in [2.24, 2.45) is 0 Å². The van der Waals surface area contributed by atoms with Gasteiger partial charge in [-0.3, -0.25) is 0 Å². The van der Waals surface area contributed by atoms with Crippen molar-refractivity contribution < 1.29 is 0 Å². The van der Waals surface area contributed by atoms with Gasteiger partial charge < -0.3 is 0 Å². The molecule has 2 heteroatoms. The molecule has 0 bridgehead atoms. The van der Waals surface area contributed by atoms with Gasteiger partial charge in [-0.25, -0.2) is 0 Å². The molecule has 0 N–H and O–H groups in total. The van der Waals surface area contributed by atoms with Crippen LogP contribution in [0.15, 0.2) is 42.5 Å². The highest BCUT2D eigenvalue weighted by Crippen LogP contribution is 2.39. The van der Waals surface area contributed by atoms with Crippen molar-refractivity contribution in [2.75, 3.05) is 0 Å². The van der Waals surface area contributed by atoms with Crippen molar-refractivity contribution in [3.05, 3.63) is 58.1 Å². The molecule has 0 amide bonds. The Balaban J connectivity index is 2.01. The van der Waals surface area contributed by atoms with Crippen molar-refractivity contribution >= 4 is 23.2 Å². The molecule has 0 saturated heterocycles. The molecule has 2 aromatic rings. The molecule has 2 aromatic carbocycles. The van der Waals surface area contributed by atoms with Crippen molar-refractivity contribution in [2.45, 2.75) is 25.2 Å². The molecule has 1 saturated carbocycles. The third-order valence-electron chi connectivity index (χ3n) is 3.72. The minimum absolute atomic E-state index is 0.730. The first kappa shape index (κ1) is 12.1. The summed E-state index contributed by atoms with van der Waals surface area (Å²) in [6.07, 6.45) is 3.97. The molecule has 18 heavy (non-hydrogen) atoms. The van der Waals surface area contributed by atoms with Crippen LogP contribution in [0.1, 0.15) is 30.7 Å². The first-order valence-electron chi connectivity index (χ1n) is 6.29. The second-order valence-corrected chi connectivity index (χ2v) is 5.72. The summed E-state index contributed by atoms with van der Waals surface area (Å²) in [6.45, 7) is 0. The van der Waals surface area contributed by atoms with E-state index in [9.17, 15) is 0 Å². The van der Waals surface area contributed by atoms with Crippen molar-refractivity contribution in [3.63, 3.8) is 0 Å². The molecule has 0 aromatic heterocycles. The van der Waals surface area contributed by atoms with Crippen LogP contribution in [0, 0.1) is 0 Å². The quantitative estimate of drug-likeness (QED) is 0.638. The van der Waals surface area contributed by atoms with Gasteiger partial charge in [0.05, 0.1) is 0 Å². The van der Waals surface area contributed by atoms with Crippen LogP contribution in [-0.4, -0.2) is 0 Å². The Kier molecular flexibility index (Phi) is 3.32. The maximum atomic E-state index is 6.30. The molecular weight excluding hydrogens is 263 g/mol. The van der Waals surface area contributed by atoms with Crippen molar-refractivity contribution in [1.29, 1.82) is 0 Å². The van der Waals surface area contributed by atoms with Gasteiger partial charge >= 0.3 is 0 Å². The van der Waals surface area contributed by atoms with Crippen LogP contribution in [0.5, 0.6) is 0 Å². The SMILES string of the molecule is Clc1ccc(-c2cc(C3CCC3)ccc2Cl)cc1. The molecule has 3 rings (SSSR count). The smallest absolute Gasteiger partial charge is 0.0484 e. The molecule has 1 aliphatic rings. The van der Waals surface area contributed by atoms with Crippen LogP contribution >= 0.6 is 23.2 Å². The fourth-order valence-corrected chi connectivity index (χ4v) is 2.74. The molecule has 0 nitrogen and oxygen atoms in total. The topological polar surface area (TPSA) is 0 Å². The predicted octanol–water partition coefficient (Wildman–Crippen LogP) is 5.93. The fraction of sp³-hybridized carbons (Fsp3) is 0.250. The van der Waals surface area contributed by atoms with E-state index in [0.717, 1.165) is 27.1 Å². The number of halogens is 2. The van der Waals surface area contributed by atoms with E-state index in [1.807, 2.05) is 30.3 Å². The van der Waals surface area contributed by atoms with E-state index in [1.54, 1.807) is 0 Å². The van der Waals surface area contributed by atoms with E-state index in [2.05, 4.69) is 12.1 Å². The Morgan fingerprint density at radius 3 is 2.22 bits per heavy atom. The predicted molar refractivity (Wildman–Crippen MR) is 78.5 cm³/mol. The minimum atomic E-state index is 0.730. The lowest BCUT2D eigenvalue weighted by Crippen LogP contribution is -2.08. The Morgan fingerprint density at radius 1 is 0.889 bits per heavy atom. The number of rotatable bonds is 2. The summed E-state index contributed by atoms with van der Waals surface area (Å²) in [4.78, 5) is 0. The first-order valence-corrected chi connectivity index (χ1v) is 7.05. The number of hydrogen-bond donors (Lipinski definition) is 0. The summed E-state index contributed by atoms with van der Waals surface area (Å²) < 4.78 is 0. The van der Waals surface area contributed by atoms with Gasteiger partial charge in [0.15, 0.2) is 0 Å². The van der Waals surface area contributed by atoms with Gasteiger partial charge in [-0.15, -0.1) is 0 Å². The standard InChI is InChI=1S/C16H14Cl2/c17-14-7-4-12(5-8-14)15-10-13(6-9-16(15)18)11-2-1-3-11/h4-11H,1-3H2. The largest absolute Gasteiger partial charge is 0.0843 e. The maximum absolute atomic E-state index is 6.30. The molecule has 0 radical (unpaired) electrons. The average molecular weight is 277 g/mol. The van der Waals surface area contributed by atoms with Crippen LogP contribution in [0.2, 0.25) is 10.0 Å². The highest BCUT2D eigenvalue weighted by molar-refractivity contribution is 6.33. The summed E-state index contributed by atoms with van der Waals surface area (Å²) in [5.41, 5.74) is 3.65. The molecule has 0 spiro atoms. The van der Waals surface area contributed by atoms with Gasteiger partial charge in [-0.05, 0) is 54.2 Å². The summed E-state index contributed by atoms with van der Waals surface area (Å²) in [7, 11) is 0. The average Bonchev–Trinajstić information content (AvgIpc) is 2.31. The molecule has 1 aliphatic carbocycles. The van der Waals surface area contributed by atoms with Gasteiger partial charge in [0.1, 0.15) is 0 Å². The second-order valence-electron chi connectivity index (χ2n) is 4.87. The molecule has 0 aliphatic heterocycles. The van der Waals surface area contributed by atoms with E-state index in [4.69, 9.17) is 23.2 Å². The lowest BCUT2D eigenvalue weighted by Gasteiger charge is -2.26. The van der Waals surface area contributed by atoms with E-state index >= 15 is 0 Å². The van der Waals surface area contributed by atoms with Gasteiger partial charge in [0.25, 0.3) is 0 Å². The highest BCUT2D eigenvalue weighted by atomic mass is 35.5. The first-order chi connectivity index (χ1) is 8.74. The summed E-state index contributed by atoms with van der Waals surface area (Å²) in [5.74, 6) is 0.730. The monoisotopic (exact) mass is 276 g/mol. The molecule has 0 heterocycles. The maximum Gasteiger partial charge on any atom is 0.0484 e. The van der Waals surface area contributed by atoms with Crippen molar-refractivity contribution in [1.82, 2.24) is 0 Å². The number of benzene rings is 2. The van der Waals surface area contributed by atoms with E-state index in [0.29, 0.717) is 0 Å². The van der Waals surface area contributed by atoms with Crippen LogP contribution in [0.3, 0.4) is 0 Å². The van der Waals surface area contributed by atoms with Crippen LogP contribution in [0.4, 0.5) is 0 Å². The highest BCUT2D eigenvalue weighted by Gasteiger charge is 2.20. The number of hydrogen-bond acceptors (Lipinski definition) is 0. The minimum Gasteiger partial charge on any atom is -0.0843 e. The lowest BCUT2D eigenvalue weighted by molar-refractivity contribution is 0.420. The Hall–Kier alpha value is -0.980. The zero-order valence-electron chi connectivity index (χ0n) is 10.00. The third kappa shape index (κ3) is 2.28. The van der Waals surface area contributed by atoms with E-state index < -0.39 is 0 Å². The zero-order chi connectivity index (χ0) is 12.5. The molecule has 0 atom stereocenters. The van der Waals surface area contributed by atoms with Gasteiger partial charge in [0, 0.05) is 15.6 Å². The molecule has 0 unspecified atom stereocenters. The Labute approximate surface area is 118 Å². The van der Waals surface area contributed by atoms with Crippen LogP contribution in [-0.2, 0) is 0 Å². The molecule has 92 valence electrons. The zero-order valence-corrected chi connectivity index (χ0v) is 11.5. The Morgan fingerprint density at radius 2 is 1.61 bits per heavy atom. The van der Waals surface area contributed by atoms with Gasteiger partial charge in [0.2, 0.25) is 0 Å².